The Bertz CT molecular complexity index is 585. The van der Waals surface area contributed by atoms with Gasteiger partial charge in [0.25, 0.3) is 0 Å². The first-order chi connectivity index (χ1) is 8.63. The summed E-state index contributed by atoms with van der Waals surface area (Å²) in [5, 5.41) is 1.25. The van der Waals surface area contributed by atoms with Crippen molar-refractivity contribution in [2.45, 2.75) is 0 Å². The number of anilines is 4. The number of hydrogen-bond donors (Lipinski definition) is 3. The highest BCUT2D eigenvalue weighted by molar-refractivity contribution is 5.81. The number of benzene rings is 1. The third kappa shape index (κ3) is 2.06. The summed E-state index contributed by atoms with van der Waals surface area (Å²) < 4.78 is 0. The molecular weight excluding hydrogens is 232 g/mol. The number of hydrogen-bond acceptors (Lipinski definition) is 7. The van der Waals surface area contributed by atoms with Crippen molar-refractivity contribution in [3.8, 4) is 0 Å². The van der Waals surface area contributed by atoms with E-state index in [4.69, 9.17) is 17.3 Å². The summed E-state index contributed by atoms with van der Waals surface area (Å²) in [4.78, 5) is 18.4. The van der Waals surface area contributed by atoms with E-state index in [1.165, 1.54) is 11.3 Å². The van der Waals surface area contributed by atoms with Crippen LogP contribution in [0.1, 0.15) is 10.4 Å². The van der Waals surface area contributed by atoms with E-state index in [9.17, 15) is 4.79 Å². The molecule has 0 amide bonds. The van der Waals surface area contributed by atoms with Gasteiger partial charge in [0.2, 0.25) is 0 Å². The molecule has 6 N–H and O–H groups in total. The van der Waals surface area contributed by atoms with Gasteiger partial charge in [0.1, 0.15) is 18.3 Å². The van der Waals surface area contributed by atoms with Gasteiger partial charge >= 0.3 is 0 Å². The third-order valence-electron chi connectivity index (χ3n) is 2.41. The number of nitrogens with two attached hydrogens (primary N) is 3. The van der Waals surface area contributed by atoms with E-state index >= 15 is 0 Å². The average molecular weight is 244 g/mol. The molecular formula is C11H12N6O. The molecule has 0 saturated heterocycles. The fourth-order valence-corrected chi connectivity index (χ4v) is 1.46. The smallest absolute Gasteiger partial charge is 0.176 e. The second-order valence-corrected chi connectivity index (χ2v) is 3.58. The van der Waals surface area contributed by atoms with Crippen molar-refractivity contribution < 1.29 is 4.79 Å². The minimum Gasteiger partial charge on any atom is -0.393 e. The van der Waals surface area contributed by atoms with Gasteiger partial charge in [0, 0.05) is 5.56 Å². The fourth-order valence-electron chi connectivity index (χ4n) is 1.46. The molecule has 0 fully saturated rings. The van der Waals surface area contributed by atoms with Gasteiger partial charge in [-0.15, -0.1) is 0 Å². The zero-order chi connectivity index (χ0) is 13.1. The highest BCUT2D eigenvalue weighted by Crippen LogP contribution is 2.27. The maximum atomic E-state index is 10.7. The molecule has 2 rings (SSSR count). The van der Waals surface area contributed by atoms with Crippen LogP contribution in [-0.2, 0) is 0 Å². The first kappa shape index (κ1) is 11.8. The minimum absolute atomic E-state index is 0.155. The Morgan fingerprint density at radius 1 is 1.22 bits per heavy atom. The van der Waals surface area contributed by atoms with Crippen molar-refractivity contribution in [1.29, 1.82) is 0 Å². The Balaban J connectivity index is 2.44. The lowest BCUT2D eigenvalue weighted by molar-refractivity contribution is 0.112. The second-order valence-electron chi connectivity index (χ2n) is 3.58. The molecule has 0 atom stereocenters. The summed E-state index contributed by atoms with van der Waals surface area (Å²) in [7, 11) is 0. The van der Waals surface area contributed by atoms with Crippen LogP contribution in [0.5, 0.6) is 0 Å². The van der Waals surface area contributed by atoms with Crippen LogP contribution in [0.25, 0.3) is 0 Å². The number of nitrogens with zero attached hydrogens (tertiary/aromatic N) is 3. The largest absolute Gasteiger partial charge is 0.393 e. The summed E-state index contributed by atoms with van der Waals surface area (Å²) in [6.45, 7) is 0. The summed E-state index contributed by atoms with van der Waals surface area (Å²) in [5.74, 6) is 6.34. The van der Waals surface area contributed by atoms with Gasteiger partial charge < -0.3 is 11.5 Å². The quantitative estimate of drug-likeness (QED) is 0.407. The van der Waals surface area contributed by atoms with Gasteiger partial charge in [-0.05, 0) is 12.1 Å². The minimum atomic E-state index is 0.155. The number of aldehydes is 1. The molecule has 0 spiro atoms. The van der Waals surface area contributed by atoms with Crippen LogP contribution in [-0.4, -0.2) is 16.3 Å². The number of aromatic nitrogens is 2. The van der Waals surface area contributed by atoms with E-state index in [-0.39, 0.29) is 17.3 Å². The van der Waals surface area contributed by atoms with E-state index < -0.39 is 0 Å². The maximum absolute atomic E-state index is 10.7. The van der Waals surface area contributed by atoms with Crippen molar-refractivity contribution in [2.24, 2.45) is 5.84 Å². The lowest BCUT2D eigenvalue weighted by atomic mass is 10.2. The maximum Gasteiger partial charge on any atom is 0.176 e. The normalized spacial score (nSPS) is 10.1. The monoisotopic (exact) mass is 244 g/mol. The Morgan fingerprint density at radius 3 is 2.72 bits per heavy atom. The molecule has 92 valence electrons. The van der Waals surface area contributed by atoms with Crippen LogP contribution in [0.15, 0.2) is 30.6 Å². The molecule has 1 heterocycles. The highest BCUT2D eigenvalue weighted by atomic mass is 16.1. The van der Waals surface area contributed by atoms with Gasteiger partial charge in [-0.1, -0.05) is 12.1 Å². The molecule has 0 saturated carbocycles. The molecule has 7 heteroatoms. The molecule has 0 aliphatic carbocycles. The van der Waals surface area contributed by atoms with Gasteiger partial charge in [-0.2, -0.15) is 0 Å². The van der Waals surface area contributed by atoms with E-state index in [0.717, 1.165) is 6.29 Å². The average Bonchev–Trinajstić information content (AvgIpc) is 2.41. The number of nitrogen functional groups attached to an aromatic ring is 2. The van der Waals surface area contributed by atoms with Crippen LogP contribution in [0.4, 0.5) is 23.0 Å². The molecule has 0 radical (unpaired) electrons. The van der Waals surface area contributed by atoms with Crippen LogP contribution < -0.4 is 22.3 Å². The van der Waals surface area contributed by atoms with Crippen molar-refractivity contribution >= 4 is 29.3 Å². The predicted octanol–water partition coefficient (Wildman–Crippen LogP) is 0.465. The molecule has 1 aromatic carbocycles. The standard InChI is InChI=1S/C11H12N6O/c12-9-10(13)15-6-16-11(9)17(14)8-3-1-2-7(4-8)5-18/h1-6H,12,14H2,(H2,13,15,16). The van der Waals surface area contributed by atoms with E-state index in [1.54, 1.807) is 24.3 Å². The van der Waals surface area contributed by atoms with Crippen LogP contribution in [0, 0.1) is 0 Å². The molecule has 1 aromatic heterocycles. The zero-order valence-corrected chi connectivity index (χ0v) is 9.45. The SMILES string of the molecule is Nc1ncnc(N(N)c2cccc(C=O)c2)c1N. The number of rotatable bonds is 3. The number of hydrazine groups is 1. The number of carbonyl (C=O) groups is 1. The predicted molar refractivity (Wildman–Crippen MR) is 69.0 cm³/mol. The third-order valence-corrected chi connectivity index (χ3v) is 2.41. The molecule has 0 bridgehead atoms. The number of carbonyl (C=O) groups excluding carboxylic acids is 1. The summed E-state index contributed by atoms with van der Waals surface area (Å²) in [5.41, 5.74) is 12.6. The Hall–Kier alpha value is -2.67. The van der Waals surface area contributed by atoms with E-state index in [2.05, 4.69) is 9.97 Å². The van der Waals surface area contributed by atoms with Gasteiger partial charge in [-0.25, -0.2) is 15.8 Å². The first-order valence-electron chi connectivity index (χ1n) is 5.09. The van der Waals surface area contributed by atoms with E-state index in [0.29, 0.717) is 11.3 Å². The van der Waals surface area contributed by atoms with Gasteiger partial charge in [-0.3, -0.25) is 9.80 Å². The Morgan fingerprint density at radius 2 is 2.00 bits per heavy atom. The van der Waals surface area contributed by atoms with Gasteiger partial charge in [0.15, 0.2) is 11.6 Å². The van der Waals surface area contributed by atoms with Crippen LogP contribution in [0.2, 0.25) is 0 Å². The van der Waals surface area contributed by atoms with E-state index in [1.807, 2.05) is 0 Å². The topological polar surface area (TPSA) is 124 Å². The molecule has 0 unspecified atom stereocenters. The zero-order valence-electron chi connectivity index (χ0n) is 9.45. The summed E-state index contributed by atoms with van der Waals surface area (Å²) >= 11 is 0. The molecule has 18 heavy (non-hydrogen) atoms. The van der Waals surface area contributed by atoms with Crippen molar-refractivity contribution in [2.75, 3.05) is 16.5 Å². The lowest BCUT2D eigenvalue weighted by Crippen LogP contribution is -2.27. The molecule has 0 aliphatic rings. The molecule has 0 aliphatic heterocycles. The lowest BCUT2D eigenvalue weighted by Gasteiger charge is -2.19. The van der Waals surface area contributed by atoms with Crippen LogP contribution in [0.3, 0.4) is 0 Å². The molecule has 2 aromatic rings. The highest BCUT2D eigenvalue weighted by Gasteiger charge is 2.12. The Labute approximate surface area is 103 Å². The second kappa shape index (κ2) is 4.68. The van der Waals surface area contributed by atoms with Crippen molar-refractivity contribution in [1.82, 2.24) is 9.97 Å². The Kier molecular flexibility index (Phi) is 3.07. The fraction of sp³-hybridized carbons (Fsp3) is 0. The van der Waals surface area contributed by atoms with Crippen molar-refractivity contribution in [3.63, 3.8) is 0 Å². The summed E-state index contributed by atoms with van der Waals surface area (Å²) in [6.07, 6.45) is 2.00. The molecule has 7 nitrogen and oxygen atoms in total. The van der Waals surface area contributed by atoms with Gasteiger partial charge in [0.05, 0.1) is 5.69 Å². The first-order valence-corrected chi connectivity index (χ1v) is 5.09. The summed E-state index contributed by atoms with van der Waals surface area (Å²) in [6, 6.07) is 6.72. The van der Waals surface area contributed by atoms with Crippen LogP contribution >= 0.6 is 0 Å². The van der Waals surface area contributed by atoms with Crippen molar-refractivity contribution in [3.05, 3.63) is 36.2 Å².